The van der Waals surface area contributed by atoms with Crippen LogP contribution in [0.5, 0.6) is 0 Å². The molecule has 0 aliphatic carbocycles. The number of hydrogen-bond donors (Lipinski definition) is 3. The maximum atomic E-state index is 11.9. The fourth-order valence-corrected chi connectivity index (χ4v) is 2.99. The molecule has 3 N–H and O–H groups in total. The molecule has 1 amide bonds. The van der Waals surface area contributed by atoms with Crippen molar-refractivity contribution in [2.45, 2.75) is 6.04 Å². The highest BCUT2D eigenvalue weighted by Crippen LogP contribution is 2.34. The van der Waals surface area contributed by atoms with Crippen molar-refractivity contribution in [1.82, 2.24) is 5.32 Å². The summed E-state index contributed by atoms with van der Waals surface area (Å²) in [5.41, 5.74) is 0. The fraction of sp³-hybridized carbons (Fsp3) is 0.167. The van der Waals surface area contributed by atoms with Crippen LogP contribution in [0.1, 0.15) is 9.67 Å². The number of carbonyl (C=O) groups is 2. The average Bonchev–Trinajstić information content (AvgIpc) is 2.73. The third kappa shape index (κ3) is 2.70. The zero-order valence-corrected chi connectivity index (χ0v) is 11.2. The van der Waals surface area contributed by atoms with Gasteiger partial charge >= 0.3 is 5.97 Å². The van der Waals surface area contributed by atoms with Gasteiger partial charge in [-0.05, 0) is 6.07 Å². The van der Waals surface area contributed by atoms with Crippen molar-refractivity contribution in [3.8, 4) is 0 Å². The van der Waals surface area contributed by atoms with Crippen LogP contribution in [-0.4, -0.2) is 34.7 Å². The molecule has 1 aromatic carbocycles. The number of thiophene rings is 1. The zero-order chi connectivity index (χ0) is 14.0. The first-order chi connectivity index (χ1) is 9.04. The molecular weight excluding hydrogens is 290 g/mol. The number of fused-ring (bicyclic) bond motifs is 1. The van der Waals surface area contributed by atoms with E-state index in [1.807, 2.05) is 12.1 Å². The summed E-state index contributed by atoms with van der Waals surface area (Å²) in [5.74, 6) is -1.90. The van der Waals surface area contributed by atoms with Crippen LogP contribution in [0.15, 0.2) is 24.3 Å². The minimum Gasteiger partial charge on any atom is -0.480 e. The summed E-state index contributed by atoms with van der Waals surface area (Å²) in [6.07, 6.45) is 0. The second-order valence-electron chi connectivity index (χ2n) is 3.79. The largest absolute Gasteiger partial charge is 0.480 e. The lowest BCUT2D eigenvalue weighted by Crippen LogP contribution is -2.43. The van der Waals surface area contributed by atoms with Crippen LogP contribution < -0.4 is 5.32 Å². The number of halogens is 1. The Morgan fingerprint density at radius 1 is 1.37 bits per heavy atom. The molecule has 0 bridgehead atoms. The van der Waals surface area contributed by atoms with Gasteiger partial charge in [-0.25, -0.2) is 4.79 Å². The Hall–Kier alpha value is -1.63. The lowest BCUT2D eigenvalue weighted by molar-refractivity contribution is -0.140. The van der Waals surface area contributed by atoms with Gasteiger partial charge in [0.2, 0.25) is 0 Å². The number of hydrogen-bond acceptors (Lipinski definition) is 4. The van der Waals surface area contributed by atoms with Gasteiger partial charge in [0.05, 0.1) is 11.6 Å². The number of aliphatic hydroxyl groups excluding tert-OH is 1. The summed E-state index contributed by atoms with van der Waals surface area (Å²) < 4.78 is 0.841. The van der Waals surface area contributed by atoms with Crippen LogP contribution in [0.2, 0.25) is 5.02 Å². The Labute approximate surface area is 117 Å². The summed E-state index contributed by atoms with van der Waals surface area (Å²) >= 11 is 7.28. The zero-order valence-electron chi connectivity index (χ0n) is 9.59. The summed E-state index contributed by atoms with van der Waals surface area (Å²) in [7, 11) is 0. The molecule has 1 aromatic heterocycles. The molecule has 0 saturated heterocycles. The maximum Gasteiger partial charge on any atom is 0.328 e. The van der Waals surface area contributed by atoms with Crippen LogP contribution in [0.3, 0.4) is 0 Å². The van der Waals surface area contributed by atoms with Gasteiger partial charge in [-0.15, -0.1) is 11.3 Å². The van der Waals surface area contributed by atoms with E-state index >= 15 is 0 Å². The second kappa shape index (κ2) is 5.56. The highest BCUT2D eigenvalue weighted by atomic mass is 35.5. The third-order valence-corrected chi connectivity index (χ3v) is 4.20. The average molecular weight is 300 g/mol. The van der Waals surface area contributed by atoms with E-state index in [9.17, 15) is 9.59 Å². The first-order valence-electron chi connectivity index (χ1n) is 5.36. The Kier molecular flexibility index (Phi) is 4.04. The van der Waals surface area contributed by atoms with E-state index in [0.29, 0.717) is 5.02 Å². The van der Waals surface area contributed by atoms with Gasteiger partial charge in [0, 0.05) is 10.1 Å². The van der Waals surface area contributed by atoms with E-state index in [2.05, 4.69) is 5.32 Å². The molecule has 0 aliphatic rings. The van der Waals surface area contributed by atoms with Crippen molar-refractivity contribution >= 4 is 44.9 Å². The normalized spacial score (nSPS) is 12.3. The third-order valence-electron chi connectivity index (χ3n) is 2.53. The van der Waals surface area contributed by atoms with Crippen LogP contribution in [-0.2, 0) is 4.79 Å². The molecular formula is C12H10ClNO4S. The van der Waals surface area contributed by atoms with Gasteiger partial charge in [0.1, 0.15) is 4.88 Å². The monoisotopic (exact) mass is 299 g/mol. The summed E-state index contributed by atoms with van der Waals surface area (Å²) in [6.45, 7) is -0.677. The van der Waals surface area contributed by atoms with E-state index in [1.165, 1.54) is 11.3 Å². The van der Waals surface area contributed by atoms with Gasteiger partial charge in [-0.3, -0.25) is 4.79 Å². The Morgan fingerprint density at radius 3 is 2.63 bits per heavy atom. The maximum absolute atomic E-state index is 11.9. The molecule has 100 valence electrons. The number of aliphatic carboxylic acids is 1. The number of benzene rings is 1. The van der Waals surface area contributed by atoms with Crippen molar-refractivity contribution in [3.05, 3.63) is 34.2 Å². The van der Waals surface area contributed by atoms with Crippen molar-refractivity contribution in [2.75, 3.05) is 6.61 Å². The van der Waals surface area contributed by atoms with Crippen molar-refractivity contribution in [3.63, 3.8) is 0 Å². The Balaban J connectivity index is 2.31. The van der Waals surface area contributed by atoms with Crippen molar-refractivity contribution < 1.29 is 19.8 Å². The molecule has 0 saturated carbocycles. The van der Waals surface area contributed by atoms with Crippen molar-refractivity contribution in [1.29, 1.82) is 0 Å². The minimum atomic E-state index is -1.34. The number of carbonyl (C=O) groups excluding carboxylic acids is 1. The molecule has 2 rings (SSSR count). The van der Waals surface area contributed by atoms with Crippen molar-refractivity contribution in [2.24, 2.45) is 0 Å². The Morgan fingerprint density at radius 2 is 2.05 bits per heavy atom. The molecule has 0 radical (unpaired) electrons. The summed E-state index contributed by atoms with van der Waals surface area (Å²) in [4.78, 5) is 22.9. The first kappa shape index (κ1) is 13.8. The molecule has 0 unspecified atom stereocenters. The predicted molar refractivity (Wildman–Crippen MR) is 72.8 cm³/mol. The molecule has 0 aliphatic heterocycles. The highest BCUT2D eigenvalue weighted by molar-refractivity contribution is 7.21. The van der Waals surface area contributed by atoms with Crippen LogP contribution in [0.25, 0.3) is 10.1 Å². The molecule has 0 spiro atoms. The SMILES string of the molecule is O=C(N[C@@H](CO)C(=O)O)c1sc2ccccc2c1Cl. The smallest absolute Gasteiger partial charge is 0.328 e. The number of amides is 1. The number of nitrogens with one attached hydrogen (secondary N) is 1. The molecule has 0 fully saturated rings. The van der Waals surface area contributed by atoms with E-state index in [1.54, 1.807) is 12.1 Å². The van der Waals surface area contributed by atoms with Gasteiger partial charge in [0.25, 0.3) is 5.91 Å². The first-order valence-corrected chi connectivity index (χ1v) is 6.55. The highest BCUT2D eigenvalue weighted by Gasteiger charge is 2.23. The van der Waals surface area contributed by atoms with Crippen LogP contribution >= 0.6 is 22.9 Å². The molecule has 19 heavy (non-hydrogen) atoms. The van der Waals surface area contributed by atoms with E-state index in [0.717, 1.165) is 10.1 Å². The Bertz CT molecular complexity index is 640. The number of rotatable bonds is 4. The van der Waals surface area contributed by atoms with E-state index < -0.39 is 24.5 Å². The lowest BCUT2D eigenvalue weighted by atomic mass is 10.2. The topological polar surface area (TPSA) is 86.6 Å². The molecule has 1 atom stereocenters. The van der Waals surface area contributed by atoms with Gasteiger partial charge < -0.3 is 15.5 Å². The predicted octanol–water partition coefficient (Wildman–Crippen LogP) is 1.73. The quantitative estimate of drug-likeness (QED) is 0.802. The molecule has 7 heteroatoms. The lowest BCUT2D eigenvalue weighted by Gasteiger charge is -2.10. The molecule has 1 heterocycles. The molecule has 5 nitrogen and oxygen atoms in total. The van der Waals surface area contributed by atoms with Gasteiger partial charge in [-0.1, -0.05) is 29.8 Å². The van der Waals surface area contributed by atoms with Gasteiger partial charge in [-0.2, -0.15) is 0 Å². The van der Waals surface area contributed by atoms with Crippen LogP contribution in [0.4, 0.5) is 0 Å². The second-order valence-corrected chi connectivity index (χ2v) is 5.22. The number of carboxylic acids is 1. The van der Waals surface area contributed by atoms with E-state index in [-0.39, 0.29) is 4.88 Å². The van der Waals surface area contributed by atoms with Gasteiger partial charge in [0.15, 0.2) is 6.04 Å². The number of aliphatic hydroxyl groups is 1. The van der Waals surface area contributed by atoms with Crippen LogP contribution in [0, 0.1) is 0 Å². The standard InChI is InChI=1S/C12H10ClNO4S/c13-9-6-3-1-2-4-8(6)19-10(9)11(16)14-7(5-15)12(17)18/h1-4,7,15H,5H2,(H,14,16)(H,17,18)/t7-/m0/s1. The summed E-state index contributed by atoms with van der Waals surface area (Å²) in [5, 5.41) is 20.9. The van der Waals surface area contributed by atoms with E-state index in [4.69, 9.17) is 21.8 Å². The fourth-order valence-electron chi connectivity index (χ4n) is 1.57. The summed E-state index contributed by atoms with van der Waals surface area (Å²) in [6, 6.07) is 5.89. The minimum absolute atomic E-state index is 0.238. The molecule has 2 aromatic rings. The number of carboxylic acid groups (broad SMARTS) is 1.